The van der Waals surface area contributed by atoms with Crippen molar-refractivity contribution < 1.29 is 8.85 Å². The fourth-order valence-electron chi connectivity index (χ4n) is 0.754. The fourth-order valence-corrected chi connectivity index (χ4v) is 2.07. The summed E-state index contributed by atoms with van der Waals surface area (Å²) in [7, 11) is -1.85. The van der Waals surface area contributed by atoms with E-state index in [0.717, 1.165) is 6.61 Å². The van der Waals surface area contributed by atoms with E-state index in [2.05, 4.69) is 26.9 Å². The molecule has 0 aromatic carbocycles. The first-order valence-corrected chi connectivity index (χ1v) is 7.68. The third-order valence-corrected chi connectivity index (χ3v) is 3.25. The Kier molecular flexibility index (Phi) is 6.29. The quantitative estimate of drug-likeness (QED) is 0.487. The van der Waals surface area contributed by atoms with Gasteiger partial charge < -0.3 is 8.85 Å². The molecule has 0 aliphatic heterocycles. The van der Waals surface area contributed by atoms with Gasteiger partial charge in [0, 0.05) is 6.61 Å². The molecular formula is C10H22O2Si. The van der Waals surface area contributed by atoms with E-state index in [-0.39, 0.29) is 0 Å². The van der Waals surface area contributed by atoms with Crippen molar-refractivity contribution in [2.45, 2.75) is 33.9 Å². The Hall–Kier alpha value is -0.123. The number of rotatable bonds is 6. The first-order chi connectivity index (χ1) is 5.98. The van der Waals surface area contributed by atoms with Crippen molar-refractivity contribution in [1.82, 2.24) is 0 Å². The van der Waals surface area contributed by atoms with Gasteiger partial charge in [0.1, 0.15) is 0 Å². The molecule has 0 fully saturated rings. The summed E-state index contributed by atoms with van der Waals surface area (Å²) in [5.41, 5.74) is 0. The Balaban J connectivity index is 3.66. The zero-order chi connectivity index (χ0) is 10.3. The van der Waals surface area contributed by atoms with Gasteiger partial charge in [-0.2, -0.15) is 0 Å². The van der Waals surface area contributed by atoms with Crippen LogP contribution in [0.15, 0.2) is 12.2 Å². The minimum Gasteiger partial charge on any atom is -0.394 e. The van der Waals surface area contributed by atoms with Crippen LogP contribution in [0.1, 0.15) is 20.8 Å². The Morgan fingerprint density at radius 1 is 1.23 bits per heavy atom. The van der Waals surface area contributed by atoms with Crippen molar-refractivity contribution in [3.05, 3.63) is 12.2 Å². The topological polar surface area (TPSA) is 18.5 Å². The average Bonchev–Trinajstić information content (AvgIpc) is 2.02. The van der Waals surface area contributed by atoms with E-state index >= 15 is 0 Å². The van der Waals surface area contributed by atoms with E-state index in [1.54, 1.807) is 0 Å². The van der Waals surface area contributed by atoms with Gasteiger partial charge in [0.25, 0.3) is 0 Å². The summed E-state index contributed by atoms with van der Waals surface area (Å²) in [5.74, 6) is 0.581. The summed E-state index contributed by atoms with van der Waals surface area (Å²) in [6.45, 7) is 11.9. The van der Waals surface area contributed by atoms with E-state index in [4.69, 9.17) is 8.85 Å². The molecule has 0 saturated heterocycles. The lowest BCUT2D eigenvalue weighted by atomic mass is 10.2. The molecule has 0 spiro atoms. The number of hydrogen-bond donors (Lipinski definition) is 0. The van der Waals surface area contributed by atoms with Crippen molar-refractivity contribution in [3.8, 4) is 0 Å². The molecular weight excluding hydrogens is 180 g/mol. The van der Waals surface area contributed by atoms with Gasteiger partial charge >= 0.3 is 8.56 Å². The minimum absolute atomic E-state index is 0.581. The van der Waals surface area contributed by atoms with Crippen molar-refractivity contribution in [1.29, 1.82) is 0 Å². The highest BCUT2D eigenvalue weighted by Crippen LogP contribution is 2.08. The molecule has 0 unspecified atom stereocenters. The predicted molar refractivity (Wildman–Crippen MR) is 59.0 cm³/mol. The van der Waals surface area contributed by atoms with E-state index in [1.807, 2.05) is 19.1 Å². The Bertz CT molecular complexity index is 153. The summed E-state index contributed by atoms with van der Waals surface area (Å²) >= 11 is 0. The highest BCUT2D eigenvalue weighted by atomic mass is 28.4. The third kappa shape index (κ3) is 8.21. The first-order valence-electron chi connectivity index (χ1n) is 4.87. The molecule has 0 radical (unpaired) electrons. The smallest absolute Gasteiger partial charge is 0.331 e. The van der Waals surface area contributed by atoms with Crippen molar-refractivity contribution in [2.75, 3.05) is 13.2 Å². The second kappa shape index (κ2) is 6.35. The molecule has 0 aliphatic carbocycles. The third-order valence-electron chi connectivity index (χ3n) is 1.53. The normalized spacial score (nSPS) is 13.1. The standard InChI is InChI=1S/C10H22O2Si/c1-6-7-8-11-13(4,5)12-9-10(2)3/h6-7,10H,8-9H2,1-5H3/b7-6+. The molecule has 0 aliphatic rings. The van der Waals surface area contributed by atoms with Crippen molar-refractivity contribution in [3.63, 3.8) is 0 Å². The van der Waals surface area contributed by atoms with Crippen LogP contribution in [0.25, 0.3) is 0 Å². The summed E-state index contributed by atoms with van der Waals surface area (Å²) in [6, 6.07) is 0. The summed E-state index contributed by atoms with van der Waals surface area (Å²) < 4.78 is 11.4. The molecule has 0 atom stereocenters. The molecule has 78 valence electrons. The van der Waals surface area contributed by atoms with E-state index in [9.17, 15) is 0 Å². The Morgan fingerprint density at radius 3 is 2.31 bits per heavy atom. The van der Waals surface area contributed by atoms with Gasteiger partial charge in [-0.3, -0.25) is 0 Å². The van der Waals surface area contributed by atoms with Gasteiger partial charge in [0.05, 0.1) is 6.61 Å². The maximum atomic E-state index is 5.72. The number of hydrogen-bond acceptors (Lipinski definition) is 2. The van der Waals surface area contributed by atoms with Gasteiger partial charge in [-0.15, -0.1) is 0 Å². The highest BCUT2D eigenvalue weighted by Gasteiger charge is 2.23. The van der Waals surface area contributed by atoms with Crippen LogP contribution in [0, 0.1) is 5.92 Å². The van der Waals surface area contributed by atoms with Gasteiger partial charge in [-0.1, -0.05) is 26.0 Å². The molecule has 0 rings (SSSR count). The van der Waals surface area contributed by atoms with Crippen LogP contribution in [-0.4, -0.2) is 21.8 Å². The van der Waals surface area contributed by atoms with Crippen molar-refractivity contribution in [2.24, 2.45) is 5.92 Å². The SMILES string of the molecule is C/C=C/CO[Si](C)(C)OCC(C)C. The van der Waals surface area contributed by atoms with Gasteiger partial charge in [0.15, 0.2) is 0 Å². The fraction of sp³-hybridized carbons (Fsp3) is 0.800. The van der Waals surface area contributed by atoms with Crippen LogP contribution < -0.4 is 0 Å². The lowest BCUT2D eigenvalue weighted by Gasteiger charge is -2.23. The average molecular weight is 202 g/mol. The van der Waals surface area contributed by atoms with Crippen LogP contribution in [0.3, 0.4) is 0 Å². The van der Waals surface area contributed by atoms with Gasteiger partial charge in [0.2, 0.25) is 0 Å². The van der Waals surface area contributed by atoms with Crippen molar-refractivity contribution >= 4 is 8.56 Å². The Morgan fingerprint density at radius 2 is 1.85 bits per heavy atom. The lowest BCUT2D eigenvalue weighted by Crippen LogP contribution is -2.36. The second-order valence-electron chi connectivity index (χ2n) is 3.98. The monoisotopic (exact) mass is 202 g/mol. The van der Waals surface area contributed by atoms with Crippen LogP contribution >= 0.6 is 0 Å². The molecule has 0 saturated carbocycles. The Labute approximate surface area is 83.2 Å². The highest BCUT2D eigenvalue weighted by molar-refractivity contribution is 6.64. The zero-order valence-electron chi connectivity index (χ0n) is 9.46. The molecule has 0 amide bonds. The van der Waals surface area contributed by atoms with E-state index in [1.165, 1.54) is 0 Å². The molecule has 0 aromatic heterocycles. The largest absolute Gasteiger partial charge is 0.394 e. The molecule has 13 heavy (non-hydrogen) atoms. The summed E-state index contributed by atoms with van der Waals surface area (Å²) in [6.07, 6.45) is 4.00. The van der Waals surface area contributed by atoms with E-state index in [0.29, 0.717) is 12.5 Å². The lowest BCUT2D eigenvalue weighted by molar-refractivity contribution is 0.174. The van der Waals surface area contributed by atoms with Crippen LogP contribution in [-0.2, 0) is 8.85 Å². The second-order valence-corrected chi connectivity index (χ2v) is 7.36. The number of allylic oxidation sites excluding steroid dienone is 1. The van der Waals surface area contributed by atoms with E-state index < -0.39 is 8.56 Å². The summed E-state index contributed by atoms with van der Waals surface area (Å²) in [4.78, 5) is 0. The van der Waals surface area contributed by atoms with Crippen LogP contribution in [0.5, 0.6) is 0 Å². The van der Waals surface area contributed by atoms with Gasteiger partial charge in [-0.05, 0) is 25.9 Å². The molecule has 0 N–H and O–H groups in total. The zero-order valence-corrected chi connectivity index (χ0v) is 10.5. The first kappa shape index (κ1) is 12.9. The predicted octanol–water partition coefficient (Wildman–Crippen LogP) is 2.95. The maximum Gasteiger partial charge on any atom is 0.331 e. The summed E-state index contributed by atoms with van der Waals surface area (Å²) in [5, 5.41) is 0. The molecule has 0 aromatic rings. The van der Waals surface area contributed by atoms with Gasteiger partial charge in [-0.25, -0.2) is 0 Å². The molecule has 2 nitrogen and oxygen atoms in total. The minimum atomic E-state index is -1.85. The molecule has 0 bridgehead atoms. The van der Waals surface area contributed by atoms with Crippen LogP contribution in [0.2, 0.25) is 13.1 Å². The van der Waals surface area contributed by atoms with Crippen LogP contribution in [0.4, 0.5) is 0 Å². The molecule has 3 heteroatoms. The molecule has 0 heterocycles. The maximum absolute atomic E-state index is 5.72.